The third kappa shape index (κ3) is 12.9. The first-order valence-corrected chi connectivity index (χ1v) is 15.7. The summed E-state index contributed by atoms with van der Waals surface area (Å²) in [4.78, 5) is 43.1. The van der Waals surface area contributed by atoms with Crippen molar-refractivity contribution in [2.45, 2.75) is 6.10 Å². The molecule has 0 aliphatic heterocycles. The fraction of sp³-hybridized carbons (Fsp3) is 0.417. The Labute approximate surface area is 283 Å². The van der Waals surface area contributed by atoms with Crippen LogP contribution in [0, 0.1) is 0 Å². The number of nitrogens with zero attached hydrogens (tertiary/aromatic N) is 3. The molecular weight excluding hydrogens is 618 g/mol. The molecule has 0 saturated carbocycles. The van der Waals surface area contributed by atoms with Gasteiger partial charge < -0.3 is 43.1 Å². The van der Waals surface area contributed by atoms with Crippen LogP contribution >= 0.6 is 0 Å². The minimum atomic E-state index is -0.524. The van der Waals surface area contributed by atoms with Crippen molar-refractivity contribution in [3.8, 4) is 0 Å². The topological polar surface area (TPSA) is 116 Å². The molecule has 0 atom stereocenters. The van der Waals surface area contributed by atoms with Gasteiger partial charge in [-0.2, -0.15) is 0 Å². The third-order valence-electron chi connectivity index (χ3n) is 7.04. The van der Waals surface area contributed by atoms with Crippen LogP contribution in [0.5, 0.6) is 0 Å². The van der Waals surface area contributed by atoms with Crippen molar-refractivity contribution < 1.29 is 42.8 Å². The van der Waals surface area contributed by atoms with E-state index in [1.807, 2.05) is 87.3 Å². The Morgan fingerprint density at radius 3 is 1.35 bits per heavy atom. The molecule has 0 aliphatic rings. The van der Waals surface area contributed by atoms with Crippen LogP contribution in [0.1, 0.15) is 31.1 Å². The van der Waals surface area contributed by atoms with Gasteiger partial charge in [0, 0.05) is 59.3 Å². The van der Waals surface area contributed by atoms with Crippen molar-refractivity contribution >= 4 is 35.0 Å². The lowest BCUT2D eigenvalue weighted by Gasteiger charge is -2.19. The van der Waals surface area contributed by atoms with Crippen LogP contribution in [0.4, 0.5) is 17.1 Å². The SMILES string of the molecule is CN(C)c1ccc(C(=O)OCCOCC(COCCOC(=O)c2ccc(N(C)C)cc2)OCCOC(=O)c2cccc(N(C)C)c2)cc1. The van der Waals surface area contributed by atoms with Gasteiger partial charge in [-0.15, -0.1) is 0 Å². The lowest BCUT2D eigenvalue weighted by atomic mass is 10.2. The van der Waals surface area contributed by atoms with Crippen LogP contribution in [0.2, 0.25) is 0 Å². The molecule has 48 heavy (non-hydrogen) atoms. The van der Waals surface area contributed by atoms with E-state index in [4.69, 9.17) is 28.4 Å². The van der Waals surface area contributed by atoms with Crippen LogP contribution in [0.3, 0.4) is 0 Å². The molecule has 0 aromatic heterocycles. The lowest BCUT2D eigenvalue weighted by molar-refractivity contribution is -0.0764. The monoisotopic (exact) mass is 665 g/mol. The van der Waals surface area contributed by atoms with E-state index in [1.54, 1.807) is 42.5 Å². The second-order valence-corrected chi connectivity index (χ2v) is 11.4. The Morgan fingerprint density at radius 2 is 0.917 bits per heavy atom. The smallest absolute Gasteiger partial charge is 0.338 e. The van der Waals surface area contributed by atoms with Crippen molar-refractivity contribution in [1.29, 1.82) is 0 Å². The number of anilines is 3. The van der Waals surface area contributed by atoms with Crippen molar-refractivity contribution in [2.24, 2.45) is 0 Å². The predicted molar refractivity (Wildman–Crippen MR) is 185 cm³/mol. The fourth-order valence-electron chi connectivity index (χ4n) is 4.26. The standard InChI is InChI=1S/C36H47N3O9/c1-37(2)30-14-10-27(11-15-30)34(40)46-20-18-43-25-33(45-22-23-48-36(42)29-8-7-9-32(24-29)39(5)6)26-44-19-21-47-35(41)28-12-16-31(17-13-28)38(3)4/h7-17,24,33H,18-23,25-26H2,1-6H3. The van der Waals surface area contributed by atoms with Crippen LogP contribution in [0.15, 0.2) is 72.8 Å². The van der Waals surface area contributed by atoms with Crippen molar-refractivity contribution in [3.05, 3.63) is 89.5 Å². The first kappa shape index (κ1) is 37.8. The van der Waals surface area contributed by atoms with Gasteiger partial charge in [-0.25, -0.2) is 14.4 Å². The Balaban J connectivity index is 1.42. The van der Waals surface area contributed by atoms with E-state index in [1.165, 1.54) is 0 Å². The molecule has 0 aliphatic carbocycles. The van der Waals surface area contributed by atoms with Gasteiger partial charge in [0.25, 0.3) is 0 Å². The molecule has 12 nitrogen and oxygen atoms in total. The van der Waals surface area contributed by atoms with Crippen molar-refractivity contribution in [3.63, 3.8) is 0 Å². The molecule has 260 valence electrons. The molecule has 3 aromatic rings. The van der Waals surface area contributed by atoms with E-state index < -0.39 is 24.0 Å². The second kappa shape index (κ2) is 19.9. The summed E-state index contributed by atoms with van der Waals surface area (Å²) < 4.78 is 33.3. The van der Waals surface area contributed by atoms with Gasteiger partial charge in [-0.05, 0) is 66.7 Å². The van der Waals surface area contributed by atoms with Crippen LogP contribution < -0.4 is 14.7 Å². The zero-order valence-electron chi connectivity index (χ0n) is 28.7. The molecule has 12 heteroatoms. The summed E-state index contributed by atoms with van der Waals surface area (Å²) in [6, 6.07) is 21.4. The maximum Gasteiger partial charge on any atom is 0.338 e. The fourth-order valence-corrected chi connectivity index (χ4v) is 4.26. The Morgan fingerprint density at radius 1 is 0.500 bits per heavy atom. The number of hydrogen-bond acceptors (Lipinski definition) is 12. The Bertz CT molecular complexity index is 1350. The van der Waals surface area contributed by atoms with E-state index in [9.17, 15) is 14.4 Å². The number of carbonyl (C=O) groups is 3. The molecule has 0 radical (unpaired) electrons. The maximum atomic E-state index is 12.5. The number of esters is 3. The first-order chi connectivity index (χ1) is 23.0. The molecule has 0 spiro atoms. The zero-order valence-corrected chi connectivity index (χ0v) is 28.7. The highest BCUT2D eigenvalue weighted by atomic mass is 16.6. The Hall–Kier alpha value is -4.65. The lowest BCUT2D eigenvalue weighted by Crippen LogP contribution is -2.29. The average Bonchev–Trinajstić information content (AvgIpc) is 3.09. The Kier molecular flexibility index (Phi) is 15.7. The summed E-state index contributed by atoms with van der Waals surface area (Å²) in [5.41, 5.74) is 4.18. The van der Waals surface area contributed by atoms with Crippen molar-refractivity contribution in [1.82, 2.24) is 0 Å². The van der Waals surface area contributed by atoms with E-state index in [2.05, 4.69) is 0 Å². The maximum absolute atomic E-state index is 12.5. The van der Waals surface area contributed by atoms with Gasteiger partial charge in [0.2, 0.25) is 0 Å². The second-order valence-electron chi connectivity index (χ2n) is 11.4. The summed E-state index contributed by atoms with van der Waals surface area (Å²) in [5.74, 6) is -1.34. The molecular formula is C36H47N3O9. The molecule has 0 fully saturated rings. The number of rotatable bonds is 20. The minimum absolute atomic E-state index is 0.0238. The van der Waals surface area contributed by atoms with Gasteiger partial charge in [0.05, 0.1) is 49.7 Å². The highest BCUT2D eigenvalue weighted by Gasteiger charge is 2.14. The van der Waals surface area contributed by atoms with Crippen LogP contribution in [-0.4, -0.2) is 119 Å². The molecule has 0 bridgehead atoms. The number of hydrogen-bond donors (Lipinski definition) is 0. The molecule has 0 unspecified atom stereocenters. The van der Waals surface area contributed by atoms with E-state index in [-0.39, 0.29) is 52.9 Å². The molecule has 0 heterocycles. The van der Waals surface area contributed by atoms with Gasteiger partial charge in [-0.1, -0.05) is 6.07 Å². The van der Waals surface area contributed by atoms with Crippen LogP contribution in [-0.2, 0) is 28.4 Å². The van der Waals surface area contributed by atoms with Gasteiger partial charge in [0.15, 0.2) is 0 Å². The number of benzene rings is 3. The van der Waals surface area contributed by atoms with Gasteiger partial charge in [-0.3, -0.25) is 0 Å². The zero-order chi connectivity index (χ0) is 34.9. The molecule has 0 amide bonds. The van der Waals surface area contributed by atoms with E-state index in [0.29, 0.717) is 16.7 Å². The molecule has 0 N–H and O–H groups in total. The summed E-state index contributed by atoms with van der Waals surface area (Å²) in [6.07, 6.45) is -0.524. The van der Waals surface area contributed by atoms with Crippen LogP contribution in [0.25, 0.3) is 0 Å². The minimum Gasteiger partial charge on any atom is -0.460 e. The molecule has 3 aromatic carbocycles. The van der Waals surface area contributed by atoms with E-state index in [0.717, 1.165) is 17.1 Å². The predicted octanol–water partition coefficient (Wildman–Crippen LogP) is 4.17. The summed E-state index contributed by atoms with van der Waals surface area (Å²) in [5, 5.41) is 0. The van der Waals surface area contributed by atoms with Gasteiger partial charge >= 0.3 is 17.9 Å². The molecule has 0 saturated heterocycles. The highest BCUT2D eigenvalue weighted by molar-refractivity contribution is 5.91. The molecule has 3 rings (SSSR count). The van der Waals surface area contributed by atoms with E-state index >= 15 is 0 Å². The third-order valence-corrected chi connectivity index (χ3v) is 7.04. The summed E-state index contributed by atoms with van der Waals surface area (Å²) in [6.45, 7) is 0.777. The highest BCUT2D eigenvalue weighted by Crippen LogP contribution is 2.15. The summed E-state index contributed by atoms with van der Waals surface area (Å²) >= 11 is 0. The normalized spacial score (nSPS) is 10.8. The summed E-state index contributed by atoms with van der Waals surface area (Å²) in [7, 11) is 11.5. The largest absolute Gasteiger partial charge is 0.460 e. The first-order valence-electron chi connectivity index (χ1n) is 15.7. The number of ether oxygens (including phenoxy) is 6. The van der Waals surface area contributed by atoms with Crippen molar-refractivity contribution in [2.75, 3.05) is 110 Å². The average molecular weight is 666 g/mol. The van der Waals surface area contributed by atoms with Gasteiger partial charge in [0.1, 0.15) is 25.9 Å². The quantitative estimate of drug-likeness (QED) is 0.0980. The number of carbonyl (C=O) groups excluding carboxylic acids is 3.